The van der Waals surface area contributed by atoms with E-state index in [4.69, 9.17) is 5.11 Å². The first kappa shape index (κ1) is 29.8. The molecule has 3 amide bonds. The second-order valence-electron chi connectivity index (χ2n) is 9.35. The molecule has 0 fully saturated rings. The lowest BCUT2D eigenvalue weighted by atomic mass is 10.1. The third-order valence-electron chi connectivity index (χ3n) is 6.21. The molecule has 4 rings (SSSR count). The van der Waals surface area contributed by atoms with Crippen LogP contribution in [0.15, 0.2) is 114 Å². The predicted octanol–water partition coefficient (Wildman–Crippen LogP) is 6.22. The highest BCUT2D eigenvalue weighted by Crippen LogP contribution is 2.26. The summed E-state index contributed by atoms with van der Waals surface area (Å²) in [7, 11) is 0. The molecule has 1 atom stereocenters. The molecule has 4 aromatic carbocycles. The van der Waals surface area contributed by atoms with Crippen molar-refractivity contribution in [2.24, 2.45) is 0 Å². The largest absolute Gasteiger partial charge is 0.478 e. The Morgan fingerprint density at radius 3 is 1.98 bits per heavy atom. The minimum absolute atomic E-state index is 0.0956. The van der Waals surface area contributed by atoms with Crippen molar-refractivity contribution >= 4 is 52.9 Å². The quantitative estimate of drug-likeness (QED) is 0.131. The highest BCUT2D eigenvalue weighted by molar-refractivity contribution is 8.00. The lowest BCUT2D eigenvalue weighted by Crippen LogP contribution is -2.30. The second kappa shape index (κ2) is 14.0. The molecule has 0 radical (unpaired) electrons. The first-order chi connectivity index (χ1) is 20.2. The molecule has 0 aromatic heterocycles. The Morgan fingerprint density at radius 2 is 1.33 bits per heavy atom. The van der Waals surface area contributed by atoms with Gasteiger partial charge in [0.15, 0.2) is 0 Å². The lowest BCUT2D eigenvalue weighted by Gasteiger charge is -2.14. The van der Waals surface area contributed by atoms with Gasteiger partial charge in [0.05, 0.1) is 10.8 Å². The third kappa shape index (κ3) is 8.18. The maximum absolute atomic E-state index is 13.3. The Kier molecular flexibility index (Phi) is 9.91. The maximum Gasteiger partial charge on any atom is 0.335 e. The van der Waals surface area contributed by atoms with Crippen LogP contribution in [0.4, 0.5) is 11.4 Å². The number of anilines is 2. The highest BCUT2D eigenvalue weighted by Gasteiger charge is 2.17. The smallest absolute Gasteiger partial charge is 0.335 e. The van der Waals surface area contributed by atoms with Crippen LogP contribution in [0.25, 0.3) is 6.08 Å². The average Bonchev–Trinajstić information content (AvgIpc) is 2.99. The number of thioether (sulfide) groups is 1. The van der Waals surface area contributed by atoms with Crippen molar-refractivity contribution in [3.63, 3.8) is 0 Å². The van der Waals surface area contributed by atoms with E-state index >= 15 is 0 Å². The number of aromatic carboxylic acids is 1. The Bertz CT molecular complexity index is 1620. The van der Waals surface area contributed by atoms with Gasteiger partial charge in [-0.1, -0.05) is 42.5 Å². The molecule has 0 heterocycles. The van der Waals surface area contributed by atoms with Crippen molar-refractivity contribution in [2.45, 2.75) is 24.0 Å². The molecule has 212 valence electrons. The summed E-state index contributed by atoms with van der Waals surface area (Å²) in [5, 5.41) is 16.9. The van der Waals surface area contributed by atoms with Gasteiger partial charge in [0.1, 0.15) is 5.70 Å². The number of aryl methyl sites for hydroxylation is 1. The summed E-state index contributed by atoms with van der Waals surface area (Å²) >= 11 is 1.34. The van der Waals surface area contributed by atoms with Crippen LogP contribution in [0.3, 0.4) is 0 Å². The number of carboxylic acids is 1. The number of carbonyl (C=O) groups is 4. The van der Waals surface area contributed by atoms with E-state index in [0.29, 0.717) is 16.9 Å². The summed E-state index contributed by atoms with van der Waals surface area (Å²) in [6, 6.07) is 29.2. The van der Waals surface area contributed by atoms with Crippen LogP contribution in [0, 0.1) is 6.92 Å². The van der Waals surface area contributed by atoms with Gasteiger partial charge in [0.2, 0.25) is 5.91 Å². The topological polar surface area (TPSA) is 125 Å². The molecule has 1 unspecified atom stereocenters. The van der Waals surface area contributed by atoms with Gasteiger partial charge in [-0.2, -0.15) is 0 Å². The number of rotatable bonds is 10. The number of carbonyl (C=O) groups excluding carboxylic acids is 3. The van der Waals surface area contributed by atoms with Gasteiger partial charge >= 0.3 is 5.97 Å². The first-order valence-electron chi connectivity index (χ1n) is 13.1. The lowest BCUT2D eigenvalue weighted by molar-refractivity contribution is -0.115. The molecule has 42 heavy (non-hydrogen) atoms. The van der Waals surface area contributed by atoms with E-state index in [2.05, 4.69) is 16.0 Å². The van der Waals surface area contributed by atoms with Gasteiger partial charge in [-0.25, -0.2) is 4.79 Å². The van der Waals surface area contributed by atoms with Gasteiger partial charge in [0, 0.05) is 21.8 Å². The standard InChI is InChI=1S/C33H29N3O5S/c1-21-8-6-7-11-25(21)20-29(36-31(38)23-9-4-3-5-10-23)32(39)35-27-16-18-28(19-17-27)42-22(2)30(37)34-26-14-12-24(13-15-26)33(40)41/h3-20,22H,1-2H3,(H,34,37)(H,35,39)(H,36,38)(H,40,41)/b29-20-. The van der Waals surface area contributed by atoms with Crippen molar-refractivity contribution in [2.75, 3.05) is 10.6 Å². The molecule has 0 saturated carbocycles. The van der Waals surface area contributed by atoms with Gasteiger partial charge < -0.3 is 21.1 Å². The zero-order valence-corrected chi connectivity index (χ0v) is 23.8. The van der Waals surface area contributed by atoms with Crippen LogP contribution in [-0.4, -0.2) is 34.0 Å². The van der Waals surface area contributed by atoms with E-state index in [9.17, 15) is 19.2 Å². The normalized spacial score (nSPS) is 11.7. The summed E-state index contributed by atoms with van der Waals surface area (Å²) in [4.78, 5) is 50.6. The summed E-state index contributed by atoms with van der Waals surface area (Å²) < 4.78 is 0. The fourth-order valence-corrected chi connectivity index (χ4v) is 4.73. The van der Waals surface area contributed by atoms with Crippen LogP contribution < -0.4 is 16.0 Å². The van der Waals surface area contributed by atoms with E-state index in [-0.39, 0.29) is 17.2 Å². The molecule has 0 saturated heterocycles. The number of hydrogen-bond acceptors (Lipinski definition) is 5. The first-order valence-corrected chi connectivity index (χ1v) is 13.9. The molecule has 0 aliphatic heterocycles. The molecule has 8 nitrogen and oxygen atoms in total. The maximum atomic E-state index is 13.3. The Morgan fingerprint density at radius 1 is 0.738 bits per heavy atom. The number of amides is 3. The predicted molar refractivity (Wildman–Crippen MR) is 165 cm³/mol. The van der Waals surface area contributed by atoms with E-state index in [1.807, 2.05) is 37.3 Å². The summed E-state index contributed by atoms with van der Waals surface area (Å²) in [6.07, 6.45) is 1.64. The van der Waals surface area contributed by atoms with E-state index < -0.39 is 23.0 Å². The molecule has 0 spiro atoms. The Labute approximate surface area is 247 Å². The number of hydrogen-bond donors (Lipinski definition) is 4. The van der Waals surface area contributed by atoms with Crippen LogP contribution in [0.2, 0.25) is 0 Å². The summed E-state index contributed by atoms with van der Waals surface area (Å²) in [5.74, 6) is -2.15. The van der Waals surface area contributed by atoms with Crippen molar-refractivity contribution in [3.8, 4) is 0 Å². The fraction of sp³-hybridized carbons (Fsp3) is 0.0909. The number of nitrogens with one attached hydrogen (secondary N) is 3. The molecular formula is C33H29N3O5S. The Balaban J connectivity index is 1.41. The third-order valence-corrected chi connectivity index (χ3v) is 7.32. The van der Waals surface area contributed by atoms with Crippen molar-refractivity contribution in [1.29, 1.82) is 0 Å². The van der Waals surface area contributed by atoms with Crippen LogP contribution in [0.5, 0.6) is 0 Å². The van der Waals surface area contributed by atoms with E-state index in [1.165, 1.54) is 23.9 Å². The zero-order chi connectivity index (χ0) is 30.1. The average molecular weight is 580 g/mol. The highest BCUT2D eigenvalue weighted by atomic mass is 32.2. The molecule has 4 N–H and O–H groups in total. The van der Waals surface area contributed by atoms with E-state index in [1.54, 1.807) is 73.7 Å². The number of carboxylic acid groups (broad SMARTS) is 1. The molecular weight excluding hydrogens is 550 g/mol. The van der Waals surface area contributed by atoms with Gasteiger partial charge in [-0.05, 0) is 91.7 Å². The molecule has 0 aliphatic carbocycles. The van der Waals surface area contributed by atoms with Crippen molar-refractivity contribution in [1.82, 2.24) is 5.32 Å². The minimum atomic E-state index is -1.04. The summed E-state index contributed by atoms with van der Waals surface area (Å²) in [5.41, 5.74) is 3.44. The molecule has 9 heteroatoms. The fourth-order valence-electron chi connectivity index (χ4n) is 3.86. The van der Waals surface area contributed by atoms with Crippen molar-refractivity contribution < 1.29 is 24.3 Å². The van der Waals surface area contributed by atoms with Crippen LogP contribution >= 0.6 is 11.8 Å². The summed E-state index contributed by atoms with van der Waals surface area (Å²) in [6.45, 7) is 3.69. The number of benzene rings is 4. The van der Waals surface area contributed by atoms with Gasteiger partial charge in [-0.15, -0.1) is 11.8 Å². The van der Waals surface area contributed by atoms with Crippen LogP contribution in [0.1, 0.15) is 38.8 Å². The van der Waals surface area contributed by atoms with Crippen LogP contribution in [-0.2, 0) is 9.59 Å². The monoisotopic (exact) mass is 579 g/mol. The van der Waals surface area contributed by atoms with E-state index in [0.717, 1.165) is 16.0 Å². The van der Waals surface area contributed by atoms with Crippen molar-refractivity contribution in [3.05, 3.63) is 131 Å². The van der Waals surface area contributed by atoms with Gasteiger partial charge in [-0.3, -0.25) is 14.4 Å². The SMILES string of the molecule is Cc1ccccc1/C=C(\NC(=O)c1ccccc1)C(=O)Nc1ccc(SC(C)C(=O)Nc2ccc(C(=O)O)cc2)cc1. The molecule has 4 aromatic rings. The van der Waals surface area contributed by atoms with Gasteiger partial charge in [0.25, 0.3) is 11.8 Å². The minimum Gasteiger partial charge on any atom is -0.478 e. The molecule has 0 aliphatic rings. The molecule has 0 bridgehead atoms. The zero-order valence-electron chi connectivity index (χ0n) is 23.0. The second-order valence-corrected chi connectivity index (χ2v) is 10.8. The Hall–Kier alpha value is -5.15.